The summed E-state index contributed by atoms with van der Waals surface area (Å²) in [6, 6.07) is 9.47. The molecule has 0 unspecified atom stereocenters. The van der Waals surface area contributed by atoms with Crippen LogP contribution < -0.4 is 0 Å². The van der Waals surface area contributed by atoms with Crippen molar-refractivity contribution >= 4 is 45.0 Å². The molecule has 30 heavy (non-hydrogen) atoms. The van der Waals surface area contributed by atoms with Crippen molar-refractivity contribution in [3.8, 4) is 5.69 Å². The molecule has 1 aliphatic heterocycles. The minimum absolute atomic E-state index is 0.0341. The predicted molar refractivity (Wildman–Crippen MR) is 120 cm³/mol. The van der Waals surface area contributed by atoms with Gasteiger partial charge in [0.2, 0.25) is 5.91 Å². The molecule has 9 heteroatoms. The number of aromatic nitrogens is 2. The highest BCUT2D eigenvalue weighted by Gasteiger charge is 2.26. The van der Waals surface area contributed by atoms with E-state index in [1.807, 2.05) is 46.8 Å². The number of halogens is 1. The third kappa shape index (κ3) is 4.08. The average molecular weight is 446 g/mol. The fourth-order valence-electron chi connectivity index (χ4n) is 3.53. The molecule has 4 rings (SSSR count). The van der Waals surface area contributed by atoms with Gasteiger partial charge in [0.15, 0.2) is 0 Å². The van der Waals surface area contributed by atoms with Gasteiger partial charge in [0, 0.05) is 50.7 Å². The molecule has 3 heterocycles. The van der Waals surface area contributed by atoms with Gasteiger partial charge in [0.05, 0.1) is 22.8 Å². The number of rotatable bonds is 4. The molecule has 0 N–H and O–H groups in total. The normalized spacial score (nSPS) is 15.0. The maximum Gasteiger partial charge on any atom is 0.264 e. The van der Waals surface area contributed by atoms with E-state index >= 15 is 0 Å². The van der Waals surface area contributed by atoms with Gasteiger partial charge in [-0.25, -0.2) is 4.68 Å². The van der Waals surface area contributed by atoms with E-state index in [1.54, 1.807) is 19.0 Å². The van der Waals surface area contributed by atoms with Crippen LogP contribution in [0.4, 0.5) is 0 Å². The third-order valence-corrected chi connectivity index (χ3v) is 6.66. The number of carbonyl (C=O) groups is 2. The lowest BCUT2D eigenvalue weighted by molar-refractivity contribution is -0.130. The molecule has 2 amide bonds. The van der Waals surface area contributed by atoms with Crippen LogP contribution in [-0.2, 0) is 4.79 Å². The lowest BCUT2D eigenvalue weighted by atomic mass is 10.2. The number of hydrogen-bond acceptors (Lipinski definition) is 5. The van der Waals surface area contributed by atoms with Crippen LogP contribution in [0.5, 0.6) is 0 Å². The van der Waals surface area contributed by atoms with Crippen LogP contribution in [0.3, 0.4) is 0 Å². The maximum atomic E-state index is 13.1. The highest BCUT2D eigenvalue weighted by Crippen LogP contribution is 2.31. The van der Waals surface area contributed by atoms with Crippen molar-refractivity contribution in [2.75, 3.05) is 46.8 Å². The molecule has 0 aliphatic carbocycles. The summed E-state index contributed by atoms with van der Waals surface area (Å²) in [6.07, 6.45) is 0. The number of amides is 2. The van der Waals surface area contributed by atoms with Gasteiger partial charge in [-0.05, 0) is 31.2 Å². The second kappa shape index (κ2) is 8.37. The van der Waals surface area contributed by atoms with E-state index in [0.717, 1.165) is 21.6 Å². The van der Waals surface area contributed by atoms with E-state index < -0.39 is 0 Å². The van der Waals surface area contributed by atoms with Crippen molar-refractivity contribution in [2.24, 2.45) is 0 Å². The summed E-state index contributed by atoms with van der Waals surface area (Å²) in [5.74, 6) is 0.118. The molecule has 1 aliphatic rings. The van der Waals surface area contributed by atoms with Gasteiger partial charge in [-0.3, -0.25) is 14.5 Å². The van der Waals surface area contributed by atoms with Crippen LogP contribution in [0.1, 0.15) is 15.4 Å². The number of aryl methyl sites for hydroxylation is 1. The molecule has 0 atom stereocenters. The Kier molecular flexibility index (Phi) is 5.81. The minimum Gasteiger partial charge on any atom is -0.348 e. The largest absolute Gasteiger partial charge is 0.348 e. The monoisotopic (exact) mass is 445 g/mol. The van der Waals surface area contributed by atoms with Crippen LogP contribution >= 0.6 is 22.9 Å². The molecule has 158 valence electrons. The van der Waals surface area contributed by atoms with Crippen LogP contribution in [0.25, 0.3) is 15.9 Å². The second-order valence-corrected chi connectivity index (χ2v) is 9.13. The van der Waals surface area contributed by atoms with E-state index in [9.17, 15) is 9.59 Å². The number of piperazine rings is 1. The first kappa shape index (κ1) is 20.8. The van der Waals surface area contributed by atoms with Gasteiger partial charge >= 0.3 is 0 Å². The van der Waals surface area contributed by atoms with Crippen LogP contribution in [0, 0.1) is 6.92 Å². The summed E-state index contributed by atoms with van der Waals surface area (Å²) < 4.78 is 1.85. The molecule has 0 spiro atoms. The fraction of sp³-hybridized carbons (Fsp3) is 0.381. The lowest BCUT2D eigenvalue weighted by Gasteiger charge is -2.34. The van der Waals surface area contributed by atoms with Crippen LogP contribution in [0.2, 0.25) is 5.02 Å². The molecule has 3 aromatic rings. The molecular weight excluding hydrogens is 422 g/mol. The molecule has 2 aromatic heterocycles. The molecule has 0 radical (unpaired) electrons. The fourth-order valence-corrected chi connectivity index (χ4v) is 4.87. The van der Waals surface area contributed by atoms with Gasteiger partial charge in [-0.1, -0.05) is 17.7 Å². The Hall–Kier alpha value is -2.42. The minimum atomic E-state index is 0.0341. The summed E-state index contributed by atoms with van der Waals surface area (Å²) in [4.78, 5) is 32.2. The zero-order valence-corrected chi connectivity index (χ0v) is 18.8. The first-order valence-electron chi connectivity index (χ1n) is 9.80. The smallest absolute Gasteiger partial charge is 0.264 e. The quantitative estimate of drug-likeness (QED) is 0.619. The Morgan fingerprint density at radius 1 is 1.17 bits per heavy atom. The summed E-state index contributed by atoms with van der Waals surface area (Å²) in [7, 11) is 3.52. The van der Waals surface area contributed by atoms with Crippen molar-refractivity contribution < 1.29 is 9.59 Å². The average Bonchev–Trinajstić information content (AvgIpc) is 3.28. The zero-order valence-electron chi connectivity index (χ0n) is 17.3. The highest BCUT2D eigenvalue weighted by atomic mass is 35.5. The molecular formula is C21H24ClN5O2S. The van der Waals surface area contributed by atoms with Crippen molar-refractivity contribution in [1.29, 1.82) is 0 Å². The van der Waals surface area contributed by atoms with E-state index in [-0.39, 0.29) is 11.8 Å². The predicted octanol–water partition coefficient (Wildman–Crippen LogP) is 2.89. The Labute approximate surface area is 184 Å². The number of thiophene rings is 1. The van der Waals surface area contributed by atoms with Crippen LogP contribution in [-0.4, -0.2) is 83.1 Å². The van der Waals surface area contributed by atoms with Gasteiger partial charge in [-0.2, -0.15) is 5.10 Å². The van der Waals surface area contributed by atoms with Gasteiger partial charge < -0.3 is 9.80 Å². The van der Waals surface area contributed by atoms with Gasteiger partial charge in [-0.15, -0.1) is 11.3 Å². The van der Waals surface area contributed by atoms with Crippen LogP contribution in [0.15, 0.2) is 30.3 Å². The Balaban J connectivity index is 1.51. The van der Waals surface area contributed by atoms with Gasteiger partial charge in [0.1, 0.15) is 4.83 Å². The second-order valence-electron chi connectivity index (χ2n) is 7.66. The number of carbonyl (C=O) groups excluding carboxylic acids is 2. The highest BCUT2D eigenvalue weighted by molar-refractivity contribution is 7.20. The summed E-state index contributed by atoms with van der Waals surface area (Å²) >= 11 is 7.60. The SMILES string of the molecule is Cc1nn(-c2cccc(Cl)c2)c2sc(C(=O)N3CCN(CC(=O)N(C)C)CC3)cc12. The molecule has 0 bridgehead atoms. The van der Waals surface area contributed by atoms with E-state index in [2.05, 4.69) is 10.00 Å². The number of hydrogen-bond donors (Lipinski definition) is 0. The van der Waals surface area contributed by atoms with E-state index in [4.69, 9.17) is 11.6 Å². The first-order valence-corrected chi connectivity index (χ1v) is 11.0. The molecule has 1 saturated heterocycles. The maximum absolute atomic E-state index is 13.1. The van der Waals surface area contributed by atoms with Crippen molar-refractivity contribution in [3.05, 3.63) is 45.9 Å². The van der Waals surface area contributed by atoms with Crippen molar-refractivity contribution in [3.63, 3.8) is 0 Å². The molecule has 0 saturated carbocycles. The number of likely N-dealkylation sites (N-methyl/N-ethyl adjacent to an activating group) is 1. The standard InChI is InChI=1S/C21H24ClN5O2S/c1-14-17-12-18(30-21(17)27(23-14)16-6-4-5-15(22)11-16)20(29)26-9-7-25(8-10-26)13-19(28)24(2)3/h4-6,11-12H,7-10,13H2,1-3H3. The van der Waals surface area contributed by atoms with E-state index in [0.29, 0.717) is 42.6 Å². The van der Waals surface area contributed by atoms with E-state index in [1.165, 1.54) is 11.3 Å². The third-order valence-electron chi connectivity index (χ3n) is 5.33. The first-order chi connectivity index (χ1) is 14.3. The zero-order chi connectivity index (χ0) is 21.4. The molecule has 1 fully saturated rings. The topological polar surface area (TPSA) is 61.7 Å². The summed E-state index contributed by atoms with van der Waals surface area (Å²) in [5, 5.41) is 6.26. The molecule has 1 aromatic carbocycles. The summed E-state index contributed by atoms with van der Waals surface area (Å²) in [5.41, 5.74) is 1.76. The Morgan fingerprint density at radius 2 is 1.90 bits per heavy atom. The Morgan fingerprint density at radius 3 is 2.57 bits per heavy atom. The lowest BCUT2D eigenvalue weighted by Crippen LogP contribution is -2.50. The van der Waals surface area contributed by atoms with Crippen molar-refractivity contribution in [1.82, 2.24) is 24.5 Å². The summed E-state index contributed by atoms with van der Waals surface area (Å²) in [6.45, 7) is 4.98. The number of benzene rings is 1. The molecule has 7 nitrogen and oxygen atoms in total. The van der Waals surface area contributed by atoms with Gasteiger partial charge in [0.25, 0.3) is 5.91 Å². The Bertz CT molecular complexity index is 1100. The number of nitrogens with zero attached hydrogens (tertiary/aromatic N) is 5. The van der Waals surface area contributed by atoms with Crippen molar-refractivity contribution in [2.45, 2.75) is 6.92 Å². The number of fused-ring (bicyclic) bond motifs is 1.